The van der Waals surface area contributed by atoms with Gasteiger partial charge in [0.15, 0.2) is 11.6 Å². The van der Waals surface area contributed by atoms with Crippen LogP contribution in [0.4, 0.5) is 15.8 Å². The fourth-order valence-electron chi connectivity index (χ4n) is 1.72. The Morgan fingerprint density at radius 3 is 2.90 bits per heavy atom. The van der Waals surface area contributed by atoms with Crippen molar-refractivity contribution in [2.75, 3.05) is 17.6 Å². The van der Waals surface area contributed by atoms with E-state index >= 15 is 0 Å². The first-order chi connectivity index (χ1) is 9.56. The molecule has 1 heterocycles. The molecular weight excluding hydrogens is 261 g/mol. The Balaban J connectivity index is 2.02. The molecule has 108 valence electrons. The molecule has 0 spiro atoms. The molecule has 0 fully saturated rings. The molecule has 0 bridgehead atoms. The second kappa shape index (κ2) is 6.23. The van der Waals surface area contributed by atoms with E-state index in [-0.39, 0.29) is 11.9 Å². The van der Waals surface area contributed by atoms with E-state index in [0.717, 1.165) is 0 Å². The number of halogens is 1. The van der Waals surface area contributed by atoms with Gasteiger partial charge < -0.3 is 15.8 Å². The second-order valence-corrected chi connectivity index (χ2v) is 4.63. The number of rotatable bonds is 6. The second-order valence-electron chi connectivity index (χ2n) is 4.63. The molecule has 0 aliphatic heterocycles. The highest BCUT2D eigenvalue weighted by atomic mass is 19.1. The largest absolute Gasteiger partial charge is 0.488 e. The normalized spacial score (nSPS) is 10.8. The quantitative estimate of drug-likeness (QED) is 0.790. The summed E-state index contributed by atoms with van der Waals surface area (Å²) in [6.07, 6.45) is 3.28. The Bertz CT molecular complexity index is 556. The highest BCUT2D eigenvalue weighted by Crippen LogP contribution is 2.28. The zero-order valence-corrected chi connectivity index (χ0v) is 11.5. The van der Waals surface area contributed by atoms with Crippen molar-refractivity contribution < 1.29 is 9.13 Å². The molecule has 2 aromatic rings. The van der Waals surface area contributed by atoms with Crippen molar-refractivity contribution in [1.82, 2.24) is 15.0 Å². The van der Waals surface area contributed by atoms with Crippen LogP contribution in [0, 0.1) is 5.82 Å². The van der Waals surface area contributed by atoms with E-state index < -0.39 is 5.82 Å². The lowest BCUT2D eigenvalue weighted by Crippen LogP contribution is -2.13. The zero-order chi connectivity index (χ0) is 14.5. The van der Waals surface area contributed by atoms with E-state index in [4.69, 9.17) is 10.5 Å². The maximum absolute atomic E-state index is 13.7. The van der Waals surface area contributed by atoms with Gasteiger partial charge in [0.25, 0.3) is 0 Å². The fourth-order valence-corrected chi connectivity index (χ4v) is 1.72. The molecule has 7 heteroatoms. The van der Waals surface area contributed by atoms with Crippen LogP contribution in [0.25, 0.3) is 0 Å². The van der Waals surface area contributed by atoms with Gasteiger partial charge in [-0.25, -0.2) is 4.39 Å². The first-order valence-corrected chi connectivity index (χ1v) is 6.40. The molecule has 1 aromatic heterocycles. The molecule has 3 N–H and O–H groups in total. The number of anilines is 2. The number of hydrogen-bond acceptors (Lipinski definition) is 5. The van der Waals surface area contributed by atoms with Gasteiger partial charge in [0.05, 0.1) is 30.2 Å². The molecule has 0 atom stereocenters. The maximum Gasteiger partial charge on any atom is 0.167 e. The van der Waals surface area contributed by atoms with E-state index in [0.29, 0.717) is 24.5 Å². The van der Waals surface area contributed by atoms with Crippen LogP contribution in [-0.4, -0.2) is 27.6 Å². The van der Waals surface area contributed by atoms with Gasteiger partial charge in [0.1, 0.15) is 0 Å². The Kier molecular flexibility index (Phi) is 4.39. The summed E-state index contributed by atoms with van der Waals surface area (Å²) >= 11 is 0. The molecule has 20 heavy (non-hydrogen) atoms. The van der Waals surface area contributed by atoms with Gasteiger partial charge in [-0.3, -0.25) is 4.68 Å². The zero-order valence-electron chi connectivity index (χ0n) is 11.5. The molecule has 0 saturated carbocycles. The number of benzene rings is 1. The van der Waals surface area contributed by atoms with Gasteiger partial charge in [-0.2, -0.15) is 0 Å². The van der Waals surface area contributed by atoms with Crippen molar-refractivity contribution in [1.29, 1.82) is 0 Å². The van der Waals surface area contributed by atoms with Crippen molar-refractivity contribution in [2.45, 2.75) is 26.5 Å². The highest BCUT2D eigenvalue weighted by Gasteiger charge is 2.10. The summed E-state index contributed by atoms with van der Waals surface area (Å²) in [7, 11) is 0. The van der Waals surface area contributed by atoms with Crippen LogP contribution in [0.1, 0.15) is 13.8 Å². The van der Waals surface area contributed by atoms with E-state index in [9.17, 15) is 4.39 Å². The van der Waals surface area contributed by atoms with Crippen LogP contribution in [0.15, 0.2) is 24.5 Å². The van der Waals surface area contributed by atoms with Crippen LogP contribution < -0.4 is 15.8 Å². The summed E-state index contributed by atoms with van der Waals surface area (Å²) < 4.78 is 20.8. The number of nitrogen functional groups attached to an aromatic ring is 1. The van der Waals surface area contributed by atoms with E-state index in [1.165, 1.54) is 6.07 Å². The topological polar surface area (TPSA) is 78.0 Å². The Labute approximate surface area is 116 Å². The third-order valence-corrected chi connectivity index (χ3v) is 2.60. The fraction of sp³-hybridized carbons (Fsp3) is 0.385. The van der Waals surface area contributed by atoms with Gasteiger partial charge in [-0.05, 0) is 13.8 Å². The molecular formula is C13H18FN5O. The van der Waals surface area contributed by atoms with Crippen molar-refractivity contribution in [3.05, 3.63) is 30.3 Å². The van der Waals surface area contributed by atoms with E-state index in [1.807, 2.05) is 13.8 Å². The third kappa shape index (κ3) is 3.59. The number of aromatic nitrogens is 3. The van der Waals surface area contributed by atoms with Crippen molar-refractivity contribution in [3.63, 3.8) is 0 Å². The van der Waals surface area contributed by atoms with Gasteiger partial charge in [-0.1, -0.05) is 5.21 Å². The third-order valence-electron chi connectivity index (χ3n) is 2.60. The van der Waals surface area contributed by atoms with Crippen LogP contribution in [0.5, 0.6) is 5.75 Å². The molecule has 0 radical (unpaired) electrons. The lowest BCUT2D eigenvalue weighted by molar-refractivity contribution is 0.231. The predicted molar refractivity (Wildman–Crippen MR) is 75.1 cm³/mol. The van der Waals surface area contributed by atoms with Crippen LogP contribution in [0.2, 0.25) is 0 Å². The van der Waals surface area contributed by atoms with Gasteiger partial charge in [-0.15, -0.1) is 5.10 Å². The highest BCUT2D eigenvalue weighted by molar-refractivity contribution is 5.68. The lowest BCUT2D eigenvalue weighted by atomic mass is 10.2. The first kappa shape index (κ1) is 14.1. The number of nitrogens with zero attached hydrogens (tertiary/aromatic N) is 3. The predicted octanol–water partition coefficient (Wildman–Crippen LogP) is 1.90. The molecule has 1 aromatic carbocycles. The number of ether oxygens (including phenoxy) is 1. The van der Waals surface area contributed by atoms with Crippen molar-refractivity contribution >= 4 is 11.4 Å². The molecule has 0 aliphatic rings. The van der Waals surface area contributed by atoms with E-state index in [2.05, 4.69) is 15.6 Å². The number of nitrogens with two attached hydrogens (primary N) is 1. The summed E-state index contributed by atoms with van der Waals surface area (Å²) in [5.41, 5.74) is 6.77. The van der Waals surface area contributed by atoms with Crippen molar-refractivity contribution in [3.8, 4) is 5.75 Å². The molecule has 2 rings (SSSR count). The summed E-state index contributed by atoms with van der Waals surface area (Å²) in [6.45, 7) is 4.92. The van der Waals surface area contributed by atoms with Crippen LogP contribution in [-0.2, 0) is 6.54 Å². The Hall–Kier alpha value is -2.31. The minimum absolute atomic E-state index is 0.101. The molecule has 6 nitrogen and oxygen atoms in total. The SMILES string of the molecule is CC(C)Oc1cc(NCCn2ccnn2)c(N)cc1F. The molecule has 0 amide bonds. The Morgan fingerprint density at radius 2 is 2.25 bits per heavy atom. The monoisotopic (exact) mass is 279 g/mol. The van der Waals surface area contributed by atoms with Crippen molar-refractivity contribution in [2.24, 2.45) is 0 Å². The summed E-state index contributed by atoms with van der Waals surface area (Å²) in [6, 6.07) is 2.83. The van der Waals surface area contributed by atoms with Gasteiger partial charge >= 0.3 is 0 Å². The summed E-state index contributed by atoms with van der Waals surface area (Å²) in [5.74, 6) is -0.268. The molecule has 0 aliphatic carbocycles. The van der Waals surface area contributed by atoms with Crippen LogP contribution in [0.3, 0.4) is 0 Å². The van der Waals surface area contributed by atoms with Gasteiger partial charge in [0.2, 0.25) is 0 Å². The smallest absolute Gasteiger partial charge is 0.167 e. The Morgan fingerprint density at radius 1 is 1.45 bits per heavy atom. The standard InChI is InChI=1S/C13H18FN5O/c1-9(2)20-13-8-12(11(15)7-10(13)14)16-3-5-19-6-4-17-18-19/h4,6-9,16H,3,5,15H2,1-2H3. The summed E-state index contributed by atoms with van der Waals surface area (Å²) in [5, 5.41) is 10.7. The number of hydrogen-bond donors (Lipinski definition) is 2. The summed E-state index contributed by atoms with van der Waals surface area (Å²) in [4.78, 5) is 0. The average molecular weight is 279 g/mol. The number of nitrogens with one attached hydrogen (secondary N) is 1. The lowest BCUT2D eigenvalue weighted by Gasteiger charge is -2.15. The maximum atomic E-state index is 13.7. The minimum atomic E-state index is -0.460. The van der Waals surface area contributed by atoms with Gasteiger partial charge in [0, 0.05) is 24.9 Å². The average Bonchev–Trinajstić information content (AvgIpc) is 2.87. The van der Waals surface area contributed by atoms with Crippen LogP contribution >= 0.6 is 0 Å². The van der Waals surface area contributed by atoms with E-state index in [1.54, 1.807) is 23.1 Å². The minimum Gasteiger partial charge on any atom is -0.488 e. The molecule has 0 unspecified atom stereocenters. The molecule has 0 saturated heterocycles. The first-order valence-electron chi connectivity index (χ1n) is 6.40.